The Hall–Kier alpha value is -1.68. The first-order chi connectivity index (χ1) is 9.47. The molecule has 1 atom stereocenters. The van der Waals surface area contributed by atoms with Crippen molar-refractivity contribution in [2.75, 3.05) is 0 Å². The summed E-state index contributed by atoms with van der Waals surface area (Å²) in [6.45, 7) is 3.89. The molecule has 0 saturated heterocycles. The van der Waals surface area contributed by atoms with E-state index in [4.69, 9.17) is 0 Å². The van der Waals surface area contributed by atoms with Crippen molar-refractivity contribution >= 4 is 21.9 Å². The Morgan fingerprint density at radius 1 is 1.35 bits per heavy atom. The molecule has 2 aromatic rings. The fourth-order valence-electron chi connectivity index (χ4n) is 2.29. The van der Waals surface area contributed by atoms with E-state index in [-0.39, 0.29) is 0 Å². The van der Waals surface area contributed by atoms with Gasteiger partial charge in [0.05, 0.1) is 5.69 Å². The lowest BCUT2D eigenvalue weighted by atomic mass is 9.93. The summed E-state index contributed by atoms with van der Waals surface area (Å²) in [7, 11) is 0. The maximum Gasteiger partial charge on any atom is 0.312 e. The van der Waals surface area contributed by atoms with Crippen LogP contribution in [-0.4, -0.2) is 16.1 Å². The van der Waals surface area contributed by atoms with Crippen LogP contribution in [-0.2, 0) is 11.2 Å². The number of hydrogen-bond donors (Lipinski definition) is 1. The normalized spacial score (nSPS) is 12.2. The molecule has 0 fully saturated rings. The molecule has 1 unspecified atom stereocenters. The number of carboxylic acid groups (broad SMARTS) is 1. The van der Waals surface area contributed by atoms with Gasteiger partial charge in [0.1, 0.15) is 5.92 Å². The van der Waals surface area contributed by atoms with Crippen LogP contribution in [0.4, 0.5) is 0 Å². The van der Waals surface area contributed by atoms with Crippen LogP contribution in [0.2, 0.25) is 0 Å². The highest BCUT2D eigenvalue weighted by Gasteiger charge is 2.23. The predicted octanol–water partition coefficient (Wildman–Crippen LogP) is 3.87. The molecule has 0 aliphatic heterocycles. The van der Waals surface area contributed by atoms with Crippen molar-refractivity contribution < 1.29 is 9.90 Å². The summed E-state index contributed by atoms with van der Waals surface area (Å²) < 4.78 is 0.860. The van der Waals surface area contributed by atoms with E-state index in [1.165, 1.54) is 0 Å². The summed E-state index contributed by atoms with van der Waals surface area (Å²) in [4.78, 5) is 15.9. The fraction of sp³-hybridized carbons (Fsp3) is 0.250. The second-order valence-electron chi connectivity index (χ2n) is 4.94. The van der Waals surface area contributed by atoms with E-state index in [0.29, 0.717) is 12.1 Å². The molecular weight excluding hydrogens is 318 g/mol. The Morgan fingerprint density at radius 3 is 2.70 bits per heavy atom. The standard InChI is InChI=1S/C16H16BrNO2/c1-10-4-3-5-12(6-10)8-14(16(19)20)15-11(2)7-13(17)9-18-15/h3-7,9,14H,8H2,1-2H3,(H,19,20). The maximum absolute atomic E-state index is 11.6. The quantitative estimate of drug-likeness (QED) is 0.923. The summed E-state index contributed by atoms with van der Waals surface area (Å²) in [5.41, 5.74) is 3.66. The highest BCUT2D eigenvalue weighted by Crippen LogP contribution is 2.25. The number of benzene rings is 1. The molecule has 0 saturated carbocycles. The van der Waals surface area contributed by atoms with Gasteiger partial charge in [-0.2, -0.15) is 0 Å². The first kappa shape index (κ1) is 14.7. The van der Waals surface area contributed by atoms with Crippen LogP contribution < -0.4 is 0 Å². The summed E-state index contributed by atoms with van der Waals surface area (Å²) in [5.74, 6) is -1.46. The molecular formula is C16H16BrNO2. The van der Waals surface area contributed by atoms with Gasteiger partial charge in [-0.05, 0) is 53.4 Å². The molecule has 0 amide bonds. The van der Waals surface area contributed by atoms with Crippen molar-refractivity contribution in [3.63, 3.8) is 0 Å². The topological polar surface area (TPSA) is 50.2 Å². The van der Waals surface area contributed by atoms with Crippen LogP contribution in [0.1, 0.15) is 28.3 Å². The lowest BCUT2D eigenvalue weighted by molar-refractivity contribution is -0.138. The van der Waals surface area contributed by atoms with Crippen molar-refractivity contribution in [3.8, 4) is 0 Å². The van der Waals surface area contributed by atoms with Crippen LogP contribution in [0.25, 0.3) is 0 Å². The molecule has 0 aliphatic rings. The number of halogens is 1. The Balaban J connectivity index is 2.34. The van der Waals surface area contributed by atoms with E-state index in [0.717, 1.165) is 21.2 Å². The van der Waals surface area contributed by atoms with E-state index >= 15 is 0 Å². The number of aliphatic carboxylic acids is 1. The second-order valence-corrected chi connectivity index (χ2v) is 5.86. The molecule has 1 aromatic carbocycles. The number of carboxylic acids is 1. The average molecular weight is 334 g/mol. The molecule has 1 N–H and O–H groups in total. The molecule has 3 nitrogen and oxygen atoms in total. The summed E-state index contributed by atoms with van der Waals surface area (Å²) in [5, 5.41) is 9.50. The second kappa shape index (κ2) is 6.18. The van der Waals surface area contributed by atoms with Gasteiger partial charge in [-0.1, -0.05) is 29.8 Å². The lowest BCUT2D eigenvalue weighted by Crippen LogP contribution is -2.17. The van der Waals surface area contributed by atoms with E-state index in [2.05, 4.69) is 20.9 Å². The molecule has 2 rings (SSSR count). The minimum Gasteiger partial charge on any atom is -0.481 e. The van der Waals surface area contributed by atoms with Gasteiger partial charge in [0.2, 0.25) is 0 Å². The minimum atomic E-state index is -0.843. The highest BCUT2D eigenvalue weighted by molar-refractivity contribution is 9.10. The van der Waals surface area contributed by atoms with Crippen LogP contribution in [0.3, 0.4) is 0 Å². The Bertz CT molecular complexity index is 640. The third-order valence-corrected chi connectivity index (χ3v) is 3.67. The average Bonchev–Trinajstić information content (AvgIpc) is 2.36. The SMILES string of the molecule is Cc1cccc(CC(C(=O)O)c2ncc(Br)cc2C)c1. The zero-order valence-corrected chi connectivity index (χ0v) is 13.0. The number of aryl methyl sites for hydroxylation is 2. The van der Waals surface area contributed by atoms with E-state index in [1.54, 1.807) is 6.20 Å². The Kier molecular flexibility index (Phi) is 4.55. The molecule has 104 valence electrons. The van der Waals surface area contributed by atoms with Crippen molar-refractivity contribution in [2.45, 2.75) is 26.2 Å². The van der Waals surface area contributed by atoms with Crippen molar-refractivity contribution in [1.82, 2.24) is 4.98 Å². The summed E-state index contributed by atoms with van der Waals surface area (Å²) in [6, 6.07) is 9.82. The van der Waals surface area contributed by atoms with E-state index in [1.807, 2.05) is 44.2 Å². The van der Waals surface area contributed by atoms with Crippen LogP contribution in [0, 0.1) is 13.8 Å². The van der Waals surface area contributed by atoms with Gasteiger partial charge in [0, 0.05) is 10.7 Å². The molecule has 4 heteroatoms. The van der Waals surface area contributed by atoms with Gasteiger partial charge >= 0.3 is 5.97 Å². The van der Waals surface area contributed by atoms with Gasteiger partial charge in [-0.25, -0.2) is 0 Å². The van der Waals surface area contributed by atoms with Gasteiger partial charge in [-0.3, -0.25) is 9.78 Å². The highest BCUT2D eigenvalue weighted by atomic mass is 79.9. The first-order valence-electron chi connectivity index (χ1n) is 6.38. The maximum atomic E-state index is 11.6. The van der Waals surface area contributed by atoms with Gasteiger partial charge < -0.3 is 5.11 Å². The first-order valence-corrected chi connectivity index (χ1v) is 7.17. The smallest absolute Gasteiger partial charge is 0.312 e. The number of rotatable bonds is 4. The molecule has 1 aromatic heterocycles. The number of nitrogens with zero attached hydrogens (tertiary/aromatic N) is 1. The van der Waals surface area contributed by atoms with E-state index in [9.17, 15) is 9.90 Å². The van der Waals surface area contributed by atoms with E-state index < -0.39 is 11.9 Å². The number of hydrogen-bond acceptors (Lipinski definition) is 2. The van der Waals surface area contributed by atoms with Gasteiger partial charge in [0.25, 0.3) is 0 Å². The molecule has 0 bridgehead atoms. The molecule has 1 heterocycles. The zero-order chi connectivity index (χ0) is 14.7. The van der Waals surface area contributed by atoms with Crippen molar-refractivity contribution in [1.29, 1.82) is 0 Å². The monoisotopic (exact) mass is 333 g/mol. The number of carbonyl (C=O) groups is 1. The van der Waals surface area contributed by atoms with Crippen LogP contribution in [0.15, 0.2) is 41.0 Å². The number of aromatic nitrogens is 1. The molecule has 20 heavy (non-hydrogen) atoms. The van der Waals surface area contributed by atoms with Crippen LogP contribution in [0.5, 0.6) is 0 Å². The zero-order valence-electron chi connectivity index (χ0n) is 11.4. The minimum absolute atomic E-state index is 0.451. The predicted molar refractivity (Wildman–Crippen MR) is 81.9 cm³/mol. The lowest BCUT2D eigenvalue weighted by Gasteiger charge is -2.15. The largest absolute Gasteiger partial charge is 0.481 e. The summed E-state index contributed by atoms with van der Waals surface area (Å²) in [6.07, 6.45) is 2.10. The Labute approximate surface area is 126 Å². The molecule has 0 radical (unpaired) electrons. The fourth-order valence-corrected chi connectivity index (χ4v) is 2.74. The van der Waals surface area contributed by atoms with Gasteiger partial charge in [-0.15, -0.1) is 0 Å². The third kappa shape index (κ3) is 3.45. The third-order valence-electron chi connectivity index (χ3n) is 3.24. The van der Waals surface area contributed by atoms with Gasteiger partial charge in [0.15, 0.2) is 0 Å². The Morgan fingerprint density at radius 2 is 2.10 bits per heavy atom. The van der Waals surface area contributed by atoms with Crippen molar-refractivity contribution in [3.05, 3.63) is 63.4 Å². The molecule has 0 aliphatic carbocycles. The van der Waals surface area contributed by atoms with Crippen LogP contribution >= 0.6 is 15.9 Å². The molecule has 0 spiro atoms. The number of pyridine rings is 1. The van der Waals surface area contributed by atoms with Crippen molar-refractivity contribution in [2.24, 2.45) is 0 Å². The summed E-state index contributed by atoms with van der Waals surface area (Å²) >= 11 is 3.35.